The standard InChI is InChI=1S/C30H35I6N9O7/c1-11-18(31)14(25(48)39-2)20(33)15(19(11)32)27(50)42-10-13(47)44-24-22(35)16(26(49)40-8-9-46)21(34)17(23(24)36)28(51)43-12(29(52)45(3)4)6-5-7-41-30(37)38/h12,46H,5-10H2,1-4H3,(H,39,48)(H,40,49)(H,42,50)(H,43,51)(H,44,47)(H4,37,38,41). The van der Waals surface area contributed by atoms with E-state index in [4.69, 9.17) is 11.5 Å². The third-order valence-electron chi connectivity index (χ3n) is 7.05. The number of likely N-dealkylation sites (N-methyl/N-ethyl adjacent to an activating group) is 1. The zero-order valence-corrected chi connectivity index (χ0v) is 41.0. The molecule has 6 amide bonds. The SMILES string of the molecule is CNC(=O)c1c(I)c(C)c(I)c(C(=O)NCC(=O)Nc2c(I)c(C(=O)NCCO)c(I)c(C(=O)NC(CCCN=C(N)N)C(=O)N(C)C)c2I)c1I. The molecule has 16 nitrogen and oxygen atoms in total. The first kappa shape index (κ1) is 47.0. The lowest BCUT2D eigenvalue weighted by atomic mass is 10.0. The third-order valence-corrected chi connectivity index (χ3v) is 14.1. The molecule has 0 heterocycles. The van der Waals surface area contributed by atoms with Gasteiger partial charge in [0.05, 0.1) is 48.2 Å². The number of nitrogens with two attached hydrogens (primary N) is 2. The number of hydrogen-bond acceptors (Lipinski definition) is 8. The van der Waals surface area contributed by atoms with Crippen molar-refractivity contribution >= 4 is 183 Å². The highest BCUT2D eigenvalue weighted by Crippen LogP contribution is 2.36. The van der Waals surface area contributed by atoms with Crippen LogP contribution in [0.4, 0.5) is 5.69 Å². The lowest BCUT2D eigenvalue weighted by Gasteiger charge is -2.24. The number of benzene rings is 2. The Morgan fingerprint density at radius 3 is 1.77 bits per heavy atom. The van der Waals surface area contributed by atoms with E-state index in [1.165, 1.54) is 11.9 Å². The summed E-state index contributed by atoms with van der Waals surface area (Å²) in [5.41, 5.74) is 12.3. The molecule has 1 unspecified atom stereocenters. The van der Waals surface area contributed by atoms with Gasteiger partial charge in [0.2, 0.25) is 11.8 Å². The van der Waals surface area contributed by atoms with Gasteiger partial charge in [0.1, 0.15) is 6.04 Å². The first-order valence-electron chi connectivity index (χ1n) is 15.0. The second-order valence-corrected chi connectivity index (χ2v) is 17.4. The Morgan fingerprint density at radius 2 is 1.27 bits per heavy atom. The van der Waals surface area contributed by atoms with Crippen molar-refractivity contribution in [3.8, 4) is 0 Å². The highest BCUT2D eigenvalue weighted by atomic mass is 127. The maximum atomic E-state index is 14.0. The van der Waals surface area contributed by atoms with E-state index < -0.39 is 36.2 Å². The Kier molecular flexibility index (Phi) is 19.7. The molecule has 0 aliphatic heterocycles. The number of aliphatic hydroxyl groups is 1. The molecule has 10 N–H and O–H groups in total. The van der Waals surface area contributed by atoms with Crippen LogP contribution >= 0.6 is 136 Å². The molecule has 52 heavy (non-hydrogen) atoms. The Balaban J connectivity index is 2.54. The highest BCUT2D eigenvalue weighted by Gasteiger charge is 2.32. The molecule has 0 fully saturated rings. The van der Waals surface area contributed by atoms with Crippen LogP contribution in [0.5, 0.6) is 0 Å². The average Bonchev–Trinajstić information content (AvgIpc) is 3.07. The zero-order chi connectivity index (χ0) is 39.6. The number of aliphatic hydroxyl groups excluding tert-OH is 1. The van der Waals surface area contributed by atoms with E-state index in [0.717, 1.165) is 5.56 Å². The molecule has 0 saturated heterocycles. The van der Waals surface area contributed by atoms with Crippen LogP contribution in [0.25, 0.3) is 0 Å². The van der Waals surface area contributed by atoms with Crippen LogP contribution in [-0.4, -0.2) is 105 Å². The van der Waals surface area contributed by atoms with E-state index in [9.17, 15) is 33.9 Å². The van der Waals surface area contributed by atoms with Crippen molar-refractivity contribution in [1.82, 2.24) is 26.2 Å². The number of nitrogens with one attached hydrogen (secondary N) is 5. The number of guanidine groups is 1. The fraction of sp³-hybridized carbons (Fsp3) is 0.367. The van der Waals surface area contributed by atoms with Crippen LogP contribution in [0.1, 0.15) is 59.8 Å². The Labute approximate surface area is 381 Å². The summed E-state index contributed by atoms with van der Waals surface area (Å²) in [7, 11) is 4.59. The van der Waals surface area contributed by atoms with Crippen molar-refractivity contribution < 1.29 is 33.9 Å². The number of anilines is 1. The number of carbonyl (C=O) groups is 6. The van der Waals surface area contributed by atoms with Crippen LogP contribution in [0, 0.1) is 28.3 Å². The summed E-state index contributed by atoms with van der Waals surface area (Å²) < 4.78 is 2.55. The van der Waals surface area contributed by atoms with E-state index in [1.54, 1.807) is 21.0 Å². The topological polar surface area (TPSA) is 250 Å². The van der Waals surface area contributed by atoms with Crippen molar-refractivity contribution in [2.75, 3.05) is 52.7 Å². The molecule has 1 atom stereocenters. The van der Waals surface area contributed by atoms with Gasteiger partial charge in [-0.25, -0.2) is 0 Å². The molecule has 284 valence electrons. The van der Waals surface area contributed by atoms with Crippen LogP contribution in [0.3, 0.4) is 0 Å². The maximum Gasteiger partial charge on any atom is 0.254 e. The summed E-state index contributed by atoms with van der Waals surface area (Å²) in [5.74, 6) is -3.39. The van der Waals surface area contributed by atoms with Crippen LogP contribution in [-0.2, 0) is 9.59 Å². The van der Waals surface area contributed by atoms with Crippen LogP contribution < -0.4 is 38.1 Å². The summed E-state index contributed by atoms with van der Waals surface area (Å²) >= 11 is 11.7. The summed E-state index contributed by atoms with van der Waals surface area (Å²) in [6.45, 7) is 1.12. The fourth-order valence-corrected chi connectivity index (χ4v) is 13.0. The number of amides is 6. The van der Waals surface area contributed by atoms with E-state index >= 15 is 0 Å². The molecule has 0 spiro atoms. The van der Waals surface area contributed by atoms with E-state index in [0.29, 0.717) is 26.3 Å². The molecule has 0 bridgehead atoms. The largest absolute Gasteiger partial charge is 0.395 e. The van der Waals surface area contributed by atoms with Gasteiger partial charge >= 0.3 is 0 Å². The Bertz CT molecular complexity index is 1800. The molecule has 0 aliphatic carbocycles. The molecular formula is C30H35I6N9O7. The first-order valence-corrected chi connectivity index (χ1v) is 21.4. The highest BCUT2D eigenvalue weighted by molar-refractivity contribution is 14.1. The molecule has 0 radical (unpaired) electrons. The molecule has 2 aromatic rings. The summed E-state index contributed by atoms with van der Waals surface area (Å²) in [6.07, 6.45) is 0.574. The minimum Gasteiger partial charge on any atom is -0.395 e. The van der Waals surface area contributed by atoms with Gasteiger partial charge < -0.3 is 48.1 Å². The van der Waals surface area contributed by atoms with Gasteiger partial charge in [-0.15, -0.1) is 0 Å². The van der Waals surface area contributed by atoms with Gasteiger partial charge in [0.15, 0.2) is 5.96 Å². The minimum absolute atomic E-state index is 0.0241. The predicted molar refractivity (Wildman–Crippen MR) is 248 cm³/mol. The van der Waals surface area contributed by atoms with E-state index in [-0.39, 0.29) is 73.4 Å². The Morgan fingerprint density at radius 1 is 0.769 bits per heavy atom. The van der Waals surface area contributed by atoms with Gasteiger partial charge in [0, 0.05) is 48.5 Å². The normalized spacial score (nSPS) is 11.2. The third kappa shape index (κ3) is 11.9. The molecule has 0 aromatic heterocycles. The maximum absolute atomic E-state index is 14.0. The average molecular weight is 1400 g/mol. The molecule has 0 saturated carbocycles. The smallest absolute Gasteiger partial charge is 0.254 e. The van der Waals surface area contributed by atoms with Crippen LogP contribution in [0.2, 0.25) is 0 Å². The minimum atomic E-state index is -0.970. The van der Waals surface area contributed by atoms with Crippen molar-refractivity contribution in [1.29, 1.82) is 0 Å². The lowest BCUT2D eigenvalue weighted by Crippen LogP contribution is -2.47. The van der Waals surface area contributed by atoms with E-state index in [1.807, 2.05) is 113 Å². The number of hydrogen-bond donors (Lipinski definition) is 8. The summed E-state index contributed by atoms with van der Waals surface area (Å²) in [5, 5.41) is 22.6. The van der Waals surface area contributed by atoms with E-state index in [2.05, 4.69) is 54.2 Å². The van der Waals surface area contributed by atoms with Gasteiger partial charge in [0.25, 0.3) is 23.6 Å². The van der Waals surface area contributed by atoms with Crippen molar-refractivity contribution in [3.63, 3.8) is 0 Å². The lowest BCUT2D eigenvalue weighted by molar-refractivity contribution is -0.130. The van der Waals surface area contributed by atoms with Crippen molar-refractivity contribution in [2.24, 2.45) is 16.5 Å². The number of carbonyl (C=O) groups excluding carboxylic acids is 6. The summed E-state index contributed by atoms with van der Waals surface area (Å²) in [4.78, 5) is 85.1. The quantitative estimate of drug-likeness (QED) is 0.0564. The van der Waals surface area contributed by atoms with Crippen LogP contribution in [0.15, 0.2) is 4.99 Å². The van der Waals surface area contributed by atoms with Gasteiger partial charge in [-0.2, -0.15) is 0 Å². The first-order chi connectivity index (χ1) is 24.3. The Hall–Kier alpha value is -1.13. The zero-order valence-electron chi connectivity index (χ0n) is 28.0. The monoisotopic (exact) mass is 1390 g/mol. The second-order valence-electron chi connectivity index (χ2n) is 10.9. The second kappa shape index (κ2) is 21.8. The molecule has 2 rings (SSSR count). The molecule has 22 heteroatoms. The molecule has 0 aliphatic rings. The molecular weight excluding hydrogens is 1360 g/mol. The number of aliphatic imine (C=N–C) groups is 1. The molecule has 2 aromatic carbocycles. The number of halogens is 6. The van der Waals surface area contributed by atoms with Crippen molar-refractivity contribution in [3.05, 3.63) is 49.2 Å². The van der Waals surface area contributed by atoms with Gasteiger partial charge in [-0.3, -0.25) is 33.8 Å². The fourth-order valence-electron chi connectivity index (χ4n) is 4.48. The number of rotatable bonds is 15. The van der Waals surface area contributed by atoms with Gasteiger partial charge in [-0.1, -0.05) is 0 Å². The summed E-state index contributed by atoms with van der Waals surface area (Å²) in [6, 6.07) is -0.970. The predicted octanol–water partition coefficient (Wildman–Crippen LogP) is 2.31. The van der Waals surface area contributed by atoms with Crippen molar-refractivity contribution in [2.45, 2.75) is 25.8 Å². The number of nitrogens with zero attached hydrogens (tertiary/aromatic N) is 2. The van der Waals surface area contributed by atoms with Gasteiger partial charge in [-0.05, 0) is 161 Å².